The molecule has 0 saturated carbocycles. The van der Waals surface area contributed by atoms with E-state index in [4.69, 9.17) is 14.2 Å². The van der Waals surface area contributed by atoms with Gasteiger partial charge in [0.05, 0.1) is 25.2 Å². The van der Waals surface area contributed by atoms with E-state index in [2.05, 4.69) is 6.92 Å². The van der Waals surface area contributed by atoms with Crippen LogP contribution in [0, 0.1) is 0 Å². The summed E-state index contributed by atoms with van der Waals surface area (Å²) in [5.74, 6) is -0.351. The van der Waals surface area contributed by atoms with E-state index in [1.54, 1.807) is 13.8 Å². The van der Waals surface area contributed by atoms with Crippen molar-refractivity contribution in [2.24, 2.45) is 0 Å². The SMILES string of the molecule is CCCCCCCCCCCCCCCC(CC(=O)OCC)OC1O[C@H](C)[C@@H](O)[C@H](O)[C@@H]1O. The van der Waals surface area contributed by atoms with Gasteiger partial charge in [-0.2, -0.15) is 0 Å². The van der Waals surface area contributed by atoms with Crippen LogP contribution in [-0.2, 0) is 19.0 Å². The molecule has 196 valence electrons. The van der Waals surface area contributed by atoms with Gasteiger partial charge < -0.3 is 29.5 Å². The summed E-state index contributed by atoms with van der Waals surface area (Å²) < 4.78 is 16.5. The van der Waals surface area contributed by atoms with Crippen molar-refractivity contribution in [1.82, 2.24) is 0 Å². The van der Waals surface area contributed by atoms with Crippen LogP contribution >= 0.6 is 0 Å². The maximum atomic E-state index is 12.0. The van der Waals surface area contributed by atoms with E-state index in [0.29, 0.717) is 13.0 Å². The first-order chi connectivity index (χ1) is 15.9. The van der Waals surface area contributed by atoms with Crippen LogP contribution in [0.5, 0.6) is 0 Å². The molecule has 0 amide bonds. The summed E-state index contributed by atoms with van der Waals surface area (Å²) in [6.07, 6.45) is 11.0. The molecule has 1 rings (SSSR count). The molecule has 33 heavy (non-hydrogen) atoms. The molecule has 0 aromatic heterocycles. The Hall–Kier alpha value is -0.730. The third-order valence-corrected chi connectivity index (χ3v) is 6.46. The Bertz CT molecular complexity index is 487. The van der Waals surface area contributed by atoms with Gasteiger partial charge in [0, 0.05) is 0 Å². The lowest BCUT2D eigenvalue weighted by Crippen LogP contribution is -2.58. The van der Waals surface area contributed by atoms with Crippen molar-refractivity contribution in [3.05, 3.63) is 0 Å². The minimum atomic E-state index is -1.37. The molecule has 1 aliphatic rings. The summed E-state index contributed by atoms with van der Waals surface area (Å²) in [5, 5.41) is 30.1. The van der Waals surface area contributed by atoms with Crippen molar-refractivity contribution in [2.45, 2.75) is 154 Å². The number of rotatable bonds is 19. The topological polar surface area (TPSA) is 105 Å². The van der Waals surface area contributed by atoms with Crippen LogP contribution in [0.3, 0.4) is 0 Å². The first-order valence-electron chi connectivity index (χ1n) is 13.4. The average Bonchev–Trinajstić information content (AvgIpc) is 2.79. The van der Waals surface area contributed by atoms with Crippen molar-refractivity contribution in [2.75, 3.05) is 6.61 Å². The van der Waals surface area contributed by atoms with Gasteiger partial charge in [0.1, 0.15) is 18.3 Å². The van der Waals surface area contributed by atoms with Gasteiger partial charge >= 0.3 is 5.97 Å². The van der Waals surface area contributed by atoms with Crippen LogP contribution in [-0.4, -0.2) is 64.7 Å². The summed E-state index contributed by atoms with van der Waals surface area (Å²) in [6, 6.07) is 0. The minimum absolute atomic E-state index is 0.0751. The smallest absolute Gasteiger partial charge is 0.308 e. The molecule has 0 aromatic carbocycles. The normalized spacial score (nSPS) is 26.3. The van der Waals surface area contributed by atoms with Crippen molar-refractivity contribution >= 4 is 5.97 Å². The standard InChI is InChI=1S/C26H50O7/c1-4-6-7-8-9-10-11-12-13-14-15-16-17-18-21(19-22(27)31-5-2)33-26-25(30)24(29)23(28)20(3)32-26/h20-21,23-26,28-30H,4-19H2,1-3H3/t20-,21?,23-,24+,25+,26?/m1/s1. The highest BCUT2D eigenvalue weighted by Gasteiger charge is 2.43. The number of esters is 1. The highest BCUT2D eigenvalue weighted by molar-refractivity contribution is 5.69. The third-order valence-electron chi connectivity index (χ3n) is 6.46. The zero-order valence-electron chi connectivity index (χ0n) is 21.3. The largest absolute Gasteiger partial charge is 0.466 e. The fraction of sp³-hybridized carbons (Fsp3) is 0.962. The maximum absolute atomic E-state index is 12.0. The quantitative estimate of drug-likeness (QED) is 0.185. The molecule has 0 aromatic rings. The van der Waals surface area contributed by atoms with Crippen molar-refractivity contribution in [3.63, 3.8) is 0 Å². The van der Waals surface area contributed by atoms with E-state index in [1.807, 2.05) is 0 Å². The number of carbonyl (C=O) groups excluding carboxylic acids is 1. The summed E-state index contributed by atoms with van der Waals surface area (Å²) in [5.41, 5.74) is 0. The molecule has 1 saturated heterocycles. The molecule has 1 fully saturated rings. The van der Waals surface area contributed by atoms with Crippen LogP contribution in [0.1, 0.15) is 117 Å². The van der Waals surface area contributed by atoms with Gasteiger partial charge in [0.25, 0.3) is 0 Å². The van der Waals surface area contributed by atoms with Crippen LogP contribution < -0.4 is 0 Å². The highest BCUT2D eigenvalue weighted by atomic mass is 16.7. The Balaban J connectivity index is 2.26. The Labute approximate surface area is 201 Å². The number of hydrogen-bond acceptors (Lipinski definition) is 7. The van der Waals surface area contributed by atoms with Gasteiger partial charge in [-0.25, -0.2) is 0 Å². The van der Waals surface area contributed by atoms with Crippen LogP contribution in [0.25, 0.3) is 0 Å². The van der Waals surface area contributed by atoms with E-state index in [1.165, 1.54) is 64.2 Å². The molecular formula is C26H50O7. The molecule has 0 aliphatic carbocycles. The van der Waals surface area contributed by atoms with Gasteiger partial charge in [-0.05, 0) is 20.3 Å². The van der Waals surface area contributed by atoms with Gasteiger partial charge in [-0.15, -0.1) is 0 Å². The molecule has 0 bridgehead atoms. The molecule has 2 unspecified atom stereocenters. The van der Waals surface area contributed by atoms with Gasteiger partial charge in [0.2, 0.25) is 0 Å². The summed E-state index contributed by atoms with van der Waals surface area (Å²) in [7, 11) is 0. The van der Waals surface area contributed by atoms with E-state index in [0.717, 1.165) is 19.3 Å². The minimum Gasteiger partial charge on any atom is -0.466 e. The molecule has 3 N–H and O–H groups in total. The van der Waals surface area contributed by atoms with Crippen molar-refractivity contribution < 1.29 is 34.3 Å². The van der Waals surface area contributed by atoms with E-state index in [-0.39, 0.29) is 12.4 Å². The second-order valence-corrected chi connectivity index (χ2v) is 9.48. The molecular weight excluding hydrogens is 424 g/mol. The second-order valence-electron chi connectivity index (χ2n) is 9.48. The first-order valence-corrected chi connectivity index (χ1v) is 13.4. The summed E-state index contributed by atoms with van der Waals surface area (Å²) in [4.78, 5) is 12.0. The summed E-state index contributed by atoms with van der Waals surface area (Å²) in [6.45, 7) is 5.92. The Morgan fingerprint density at radius 3 is 1.82 bits per heavy atom. The molecule has 6 atom stereocenters. The lowest BCUT2D eigenvalue weighted by Gasteiger charge is -2.40. The number of carbonyl (C=O) groups is 1. The second kappa shape index (κ2) is 18.6. The highest BCUT2D eigenvalue weighted by Crippen LogP contribution is 2.25. The molecule has 1 heterocycles. The van der Waals surface area contributed by atoms with Gasteiger partial charge in [0.15, 0.2) is 6.29 Å². The van der Waals surface area contributed by atoms with E-state index < -0.39 is 36.8 Å². The fourth-order valence-corrected chi connectivity index (χ4v) is 4.33. The van der Waals surface area contributed by atoms with E-state index >= 15 is 0 Å². The lowest BCUT2D eigenvalue weighted by molar-refractivity contribution is -0.304. The number of aliphatic hydroxyl groups excluding tert-OH is 3. The van der Waals surface area contributed by atoms with E-state index in [9.17, 15) is 20.1 Å². The van der Waals surface area contributed by atoms with Crippen LogP contribution in [0.4, 0.5) is 0 Å². The van der Waals surface area contributed by atoms with Crippen molar-refractivity contribution in [3.8, 4) is 0 Å². The monoisotopic (exact) mass is 474 g/mol. The molecule has 0 spiro atoms. The number of aliphatic hydroxyl groups is 3. The lowest BCUT2D eigenvalue weighted by atomic mass is 9.99. The Kier molecular flexibility index (Phi) is 17.1. The molecule has 0 radical (unpaired) electrons. The van der Waals surface area contributed by atoms with Crippen LogP contribution in [0.15, 0.2) is 0 Å². The fourth-order valence-electron chi connectivity index (χ4n) is 4.33. The molecule has 7 nitrogen and oxygen atoms in total. The number of ether oxygens (including phenoxy) is 3. The average molecular weight is 475 g/mol. The first kappa shape index (κ1) is 30.3. The predicted molar refractivity (Wildman–Crippen MR) is 129 cm³/mol. The maximum Gasteiger partial charge on any atom is 0.308 e. The predicted octanol–water partition coefficient (Wildman–Crippen LogP) is 4.63. The molecule has 7 heteroatoms. The third kappa shape index (κ3) is 13.1. The molecule has 1 aliphatic heterocycles. The van der Waals surface area contributed by atoms with Crippen molar-refractivity contribution in [1.29, 1.82) is 0 Å². The number of hydrogen-bond donors (Lipinski definition) is 3. The van der Waals surface area contributed by atoms with Crippen LogP contribution in [0.2, 0.25) is 0 Å². The zero-order valence-corrected chi connectivity index (χ0v) is 21.3. The Morgan fingerprint density at radius 1 is 0.788 bits per heavy atom. The Morgan fingerprint density at radius 2 is 1.30 bits per heavy atom. The van der Waals surface area contributed by atoms with Gasteiger partial charge in [-0.1, -0.05) is 90.4 Å². The summed E-state index contributed by atoms with van der Waals surface area (Å²) >= 11 is 0. The zero-order chi connectivity index (χ0) is 24.5. The van der Waals surface area contributed by atoms with Gasteiger partial charge in [-0.3, -0.25) is 4.79 Å². The number of unbranched alkanes of at least 4 members (excludes halogenated alkanes) is 12.